The molecule has 0 saturated carbocycles. The average Bonchev–Trinajstić information content (AvgIpc) is 2.28. The maximum Gasteiger partial charge on any atom is 0.214 e. The highest BCUT2D eigenvalue weighted by molar-refractivity contribution is 7.92. The van der Waals surface area contributed by atoms with E-state index in [0.717, 1.165) is 0 Å². The van der Waals surface area contributed by atoms with E-state index in [-0.39, 0.29) is 10.9 Å². The molecule has 0 fully saturated rings. The molecule has 0 aliphatic heterocycles. The number of ether oxygens (including phenoxy) is 1. The normalized spacial score (nSPS) is 13.4. The Bertz CT molecular complexity index is 447. The van der Waals surface area contributed by atoms with Crippen molar-refractivity contribution in [2.45, 2.75) is 24.1 Å². The fourth-order valence-electron chi connectivity index (χ4n) is 1.07. The molecular weight excluding hydrogens is 250 g/mol. The molecule has 1 rings (SSSR count). The number of nitrogens with zero attached hydrogens (tertiary/aromatic N) is 1. The maximum atomic E-state index is 11.9. The molecule has 4 nitrogen and oxygen atoms in total. The van der Waals surface area contributed by atoms with Crippen molar-refractivity contribution in [2.75, 3.05) is 12.5 Å². The SMILES string of the molecule is CCOc1cccc(S(=O)(=O)C(C)CCl)n1. The summed E-state index contributed by atoms with van der Waals surface area (Å²) in [5.41, 5.74) is 0. The zero-order valence-electron chi connectivity index (χ0n) is 9.18. The predicted octanol–water partition coefficient (Wildman–Crippen LogP) is 1.88. The minimum absolute atomic E-state index is 0.00611. The first-order chi connectivity index (χ1) is 7.52. The fourth-order valence-corrected chi connectivity index (χ4v) is 2.63. The minimum Gasteiger partial charge on any atom is -0.478 e. The second-order valence-corrected chi connectivity index (χ2v) is 5.88. The van der Waals surface area contributed by atoms with Crippen LogP contribution in [0.1, 0.15) is 13.8 Å². The minimum atomic E-state index is -3.45. The standard InChI is InChI=1S/C10H14ClNO3S/c1-3-15-9-5-4-6-10(12-9)16(13,14)8(2)7-11/h4-6,8H,3,7H2,1-2H3. The van der Waals surface area contributed by atoms with Gasteiger partial charge < -0.3 is 4.74 Å². The molecule has 0 N–H and O–H groups in total. The molecule has 90 valence electrons. The number of hydrogen-bond acceptors (Lipinski definition) is 4. The molecule has 0 spiro atoms. The third kappa shape index (κ3) is 2.86. The van der Waals surface area contributed by atoms with Gasteiger partial charge in [0.1, 0.15) is 0 Å². The fraction of sp³-hybridized carbons (Fsp3) is 0.500. The first kappa shape index (κ1) is 13.3. The van der Waals surface area contributed by atoms with Crippen molar-refractivity contribution in [3.8, 4) is 5.88 Å². The number of aromatic nitrogens is 1. The molecule has 0 aliphatic carbocycles. The van der Waals surface area contributed by atoms with Gasteiger partial charge in [-0.3, -0.25) is 0 Å². The van der Waals surface area contributed by atoms with E-state index in [2.05, 4.69) is 4.98 Å². The van der Waals surface area contributed by atoms with Crippen molar-refractivity contribution >= 4 is 21.4 Å². The lowest BCUT2D eigenvalue weighted by molar-refractivity contribution is 0.324. The van der Waals surface area contributed by atoms with Gasteiger partial charge in [-0.25, -0.2) is 13.4 Å². The Hall–Kier alpha value is -0.810. The zero-order valence-corrected chi connectivity index (χ0v) is 10.8. The Kier molecular flexibility index (Phi) is 4.56. The summed E-state index contributed by atoms with van der Waals surface area (Å²) in [6.45, 7) is 3.81. The zero-order chi connectivity index (χ0) is 12.2. The number of rotatable bonds is 5. The highest BCUT2D eigenvalue weighted by atomic mass is 35.5. The van der Waals surface area contributed by atoms with Crippen molar-refractivity contribution in [2.24, 2.45) is 0 Å². The summed E-state index contributed by atoms with van der Waals surface area (Å²) in [6.07, 6.45) is 0. The van der Waals surface area contributed by atoms with E-state index in [1.807, 2.05) is 6.92 Å². The van der Waals surface area contributed by atoms with Crippen LogP contribution in [0.5, 0.6) is 5.88 Å². The van der Waals surface area contributed by atoms with Crippen molar-refractivity contribution in [3.05, 3.63) is 18.2 Å². The Labute approximate surface area is 101 Å². The summed E-state index contributed by atoms with van der Waals surface area (Å²) in [7, 11) is -3.45. The highest BCUT2D eigenvalue weighted by Gasteiger charge is 2.24. The van der Waals surface area contributed by atoms with Gasteiger partial charge in [0.25, 0.3) is 0 Å². The highest BCUT2D eigenvalue weighted by Crippen LogP contribution is 2.17. The van der Waals surface area contributed by atoms with Crippen LogP contribution >= 0.6 is 11.6 Å². The summed E-state index contributed by atoms with van der Waals surface area (Å²) in [6, 6.07) is 4.67. The van der Waals surface area contributed by atoms with Gasteiger partial charge in [-0.15, -0.1) is 11.6 Å². The van der Waals surface area contributed by atoms with Crippen LogP contribution in [-0.2, 0) is 9.84 Å². The number of alkyl halides is 1. The number of sulfone groups is 1. The molecule has 1 aromatic heterocycles. The summed E-state index contributed by atoms with van der Waals surface area (Å²) >= 11 is 5.55. The summed E-state index contributed by atoms with van der Waals surface area (Å²) in [5.74, 6) is 0.355. The molecule has 1 unspecified atom stereocenters. The van der Waals surface area contributed by atoms with Crippen LogP contribution < -0.4 is 4.74 Å². The number of pyridine rings is 1. The lowest BCUT2D eigenvalue weighted by atomic mass is 10.5. The van der Waals surface area contributed by atoms with Crippen molar-refractivity contribution < 1.29 is 13.2 Å². The number of hydrogen-bond donors (Lipinski definition) is 0. The van der Waals surface area contributed by atoms with Gasteiger partial charge >= 0.3 is 0 Å². The molecule has 0 amide bonds. The van der Waals surface area contributed by atoms with Crippen LogP contribution in [0.4, 0.5) is 0 Å². The van der Waals surface area contributed by atoms with Crippen LogP contribution in [0.3, 0.4) is 0 Å². The second-order valence-electron chi connectivity index (χ2n) is 3.26. The Morgan fingerprint density at radius 2 is 2.19 bits per heavy atom. The van der Waals surface area contributed by atoms with Crippen LogP contribution in [0.2, 0.25) is 0 Å². The Morgan fingerprint density at radius 3 is 2.75 bits per heavy atom. The molecule has 6 heteroatoms. The third-order valence-corrected chi connectivity index (χ3v) is 4.71. The van der Waals surface area contributed by atoms with Gasteiger partial charge in [-0.2, -0.15) is 0 Å². The molecule has 1 atom stereocenters. The molecule has 0 radical (unpaired) electrons. The van der Waals surface area contributed by atoms with Gasteiger partial charge in [-0.1, -0.05) is 6.07 Å². The molecule has 16 heavy (non-hydrogen) atoms. The molecule has 0 aromatic carbocycles. The van der Waals surface area contributed by atoms with Crippen LogP contribution in [-0.4, -0.2) is 31.1 Å². The van der Waals surface area contributed by atoms with Crippen LogP contribution in [0.15, 0.2) is 23.2 Å². The lowest BCUT2D eigenvalue weighted by Crippen LogP contribution is -2.20. The van der Waals surface area contributed by atoms with E-state index >= 15 is 0 Å². The van der Waals surface area contributed by atoms with Gasteiger partial charge in [-0.05, 0) is 19.9 Å². The van der Waals surface area contributed by atoms with Gasteiger partial charge in [0.05, 0.1) is 11.9 Å². The van der Waals surface area contributed by atoms with Crippen molar-refractivity contribution in [1.29, 1.82) is 0 Å². The maximum absolute atomic E-state index is 11.9. The van der Waals surface area contributed by atoms with Crippen molar-refractivity contribution in [3.63, 3.8) is 0 Å². The third-order valence-electron chi connectivity index (χ3n) is 2.03. The van der Waals surface area contributed by atoms with E-state index in [1.165, 1.54) is 6.07 Å². The molecule has 0 aliphatic rings. The van der Waals surface area contributed by atoms with Gasteiger partial charge in [0.2, 0.25) is 5.88 Å². The molecular formula is C10H14ClNO3S. The first-order valence-electron chi connectivity index (χ1n) is 4.92. The van der Waals surface area contributed by atoms with E-state index in [9.17, 15) is 8.42 Å². The summed E-state index contributed by atoms with van der Waals surface area (Å²) in [4.78, 5) is 3.93. The van der Waals surface area contributed by atoms with Gasteiger partial charge in [0.15, 0.2) is 14.9 Å². The largest absolute Gasteiger partial charge is 0.478 e. The summed E-state index contributed by atoms with van der Waals surface area (Å²) in [5, 5.41) is -0.648. The van der Waals surface area contributed by atoms with Crippen molar-refractivity contribution in [1.82, 2.24) is 4.98 Å². The van der Waals surface area contributed by atoms with E-state index in [1.54, 1.807) is 19.1 Å². The Morgan fingerprint density at radius 1 is 1.50 bits per heavy atom. The molecule has 0 saturated heterocycles. The Balaban J connectivity index is 3.09. The molecule has 1 heterocycles. The second kappa shape index (κ2) is 5.50. The molecule has 1 aromatic rings. The monoisotopic (exact) mass is 263 g/mol. The number of halogens is 1. The van der Waals surface area contributed by atoms with Gasteiger partial charge in [0, 0.05) is 11.9 Å². The smallest absolute Gasteiger partial charge is 0.214 e. The van der Waals surface area contributed by atoms with Crippen LogP contribution in [0.25, 0.3) is 0 Å². The lowest BCUT2D eigenvalue weighted by Gasteiger charge is -2.09. The predicted molar refractivity (Wildman–Crippen MR) is 62.8 cm³/mol. The van der Waals surface area contributed by atoms with E-state index in [0.29, 0.717) is 12.5 Å². The topological polar surface area (TPSA) is 56.3 Å². The quantitative estimate of drug-likeness (QED) is 0.761. The molecule has 0 bridgehead atoms. The van der Waals surface area contributed by atoms with Crippen LogP contribution in [0, 0.1) is 0 Å². The van der Waals surface area contributed by atoms with E-state index < -0.39 is 15.1 Å². The summed E-state index contributed by atoms with van der Waals surface area (Å²) < 4.78 is 29.0. The first-order valence-corrected chi connectivity index (χ1v) is 7.00. The van der Waals surface area contributed by atoms with E-state index in [4.69, 9.17) is 16.3 Å². The average molecular weight is 264 g/mol.